The van der Waals surface area contributed by atoms with Gasteiger partial charge in [-0.2, -0.15) is 0 Å². The van der Waals surface area contributed by atoms with E-state index in [4.69, 9.17) is 13.6 Å². The maximum Gasteiger partial charge on any atom is 0.240 e. The summed E-state index contributed by atoms with van der Waals surface area (Å²) in [6.45, 7) is 1.48. The van der Waals surface area contributed by atoms with Crippen LogP contribution in [-0.4, -0.2) is 37.6 Å². The lowest BCUT2D eigenvalue weighted by Crippen LogP contribution is -2.22. The number of nitrogens with zero attached hydrogens (tertiary/aromatic N) is 2. The molecule has 1 aliphatic heterocycles. The van der Waals surface area contributed by atoms with Gasteiger partial charge in [-0.3, -0.25) is 0 Å². The first-order valence-corrected chi connectivity index (χ1v) is 13.9. The Morgan fingerprint density at radius 3 is 2.53 bits per heavy atom. The molecule has 1 saturated heterocycles. The van der Waals surface area contributed by atoms with Gasteiger partial charge in [0.25, 0.3) is 0 Å². The molecule has 194 valence electrons. The summed E-state index contributed by atoms with van der Waals surface area (Å²) in [6.07, 6.45) is 5.19. The zero-order valence-corrected chi connectivity index (χ0v) is 21.3. The lowest BCUT2D eigenvalue weighted by atomic mass is 9.99. The minimum Gasteiger partial charge on any atom is -0.468 e. The third kappa shape index (κ3) is 4.93. The summed E-state index contributed by atoms with van der Waals surface area (Å²) in [5.41, 5.74) is 2.94. The Labute approximate surface area is 219 Å². The lowest BCUT2D eigenvalue weighted by Gasteiger charge is -2.12. The number of sulfonamides is 1. The van der Waals surface area contributed by atoms with Crippen molar-refractivity contribution in [3.63, 3.8) is 0 Å². The van der Waals surface area contributed by atoms with E-state index in [1.165, 1.54) is 12.6 Å². The second kappa shape index (κ2) is 10.4. The molecule has 2 N–H and O–H groups in total. The fourth-order valence-corrected chi connectivity index (χ4v) is 5.61. The van der Waals surface area contributed by atoms with Crippen LogP contribution in [-0.2, 0) is 21.3 Å². The summed E-state index contributed by atoms with van der Waals surface area (Å²) in [5.74, 6) is 1.78. The molecular weight excluding hydrogens is 504 g/mol. The van der Waals surface area contributed by atoms with Crippen LogP contribution < -0.4 is 10.0 Å². The molecule has 2 aromatic carbocycles. The molecule has 1 aliphatic rings. The summed E-state index contributed by atoms with van der Waals surface area (Å²) in [6, 6.07) is 19.9. The van der Waals surface area contributed by atoms with Gasteiger partial charge in [-0.25, -0.2) is 23.1 Å². The molecule has 1 atom stereocenters. The molecule has 0 amide bonds. The van der Waals surface area contributed by atoms with Crippen molar-refractivity contribution >= 4 is 26.9 Å². The number of hydrogen-bond acceptors (Lipinski definition) is 8. The van der Waals surface area contributed by atoms with Gasteiger partial charge < -0.3 is 18.9 Å². The highest BCUT2D eigenvalue weighted by Crippen LogP contribution is 2.42. The van der Waals surface area contributed by atoms with E-state index >= 15 is 0 Å². The van der Waals surface area contributed by atoms with E-state index in [1.807, 2.05) is 30.3 Å². The third-order valence-corrected chi connectivity index (χ3v) is 7.93. The van der Waals surface area contributed by atoms with Crippen LogP contribution in [0.1, 0.15) is 18.6 Å². The van der Waals surface area contributed by atoms with Crippen LogP contribution in [0.25, 0.3) is 33.6 Å². The summed E-state index contributed by atoms with van der Waals surface area (Å²) in [5, 5.41) is 4.19. The number of anilines is 1. The largest absolute Gasteiger partial charge is 0.468 e. The van der Waals surface area contributed by atoms with Gasteiger partial charge >= 0.3 is 0 Å². The van der Waals surface area contributed by atoms with Crippen molar-refractivity contribution in [2.24, 2.45) is 0 Å². The maximum absolute atomic E-state index is 12.8. The van der Waals surface area contributed by atoms with Crippen molar-refractivity contribution < 1.29 is 22.0 Å². The molecule has 6 rings (SSSR count). The Morgan fingerprint density at radius 1 is 0.947 bits per heavy atom. The third-order valence-electron chi connectivity index (χ3n) is 6.52. The Kier molecular flexibility index (Phi) is 6.67. The van der Waals surface area contributed by atoms with E-state index < -0.39 is 10.0 Å². The Balaban J connectivity index is 1.36. The first kappa shape index (κ1) is 24.4. The molecule has 5 aromatic rings. The van der Waals surface area contributed by atoms with Gasteiger partial charge in [-0.15, -0.1) is 0 Å². The molecule has 1 unspecified atom stereocenters. The van der Waals surface area contributed by atoms with Gasteiger partial charge in [0.2, 0.25) is 15.7 Å². The van der Waals surface area contributed by atoms with Gasteiger partial charge in [-0.1, -0.05) is 30.3 Å². The van der Waals surface area contributed by atoms with Gasteiger partial charge in [0.1, 0.15) is 23.7 Å². The average molecular weight is 531 g/mol. The van der Waals surface area contributed by atoms with Crippen molar-refractivity contribution in [2.75, 3.05) is 18.5 Å². The van der Waals surface area contributed by atoms with E-state index in [9.17, 15) is 8.42 Å². The Hall–Kier alpha value is -3.99. The van der Waals surface area contributed by atoms with E-state index in [2.05, 4.69) is 20.0 Å². The quantitative estimate of drug-likeness (QED) is 0.266. The van der Waals surface area contributed by atoms with Crippen LogP contribution in [0.5, 0.6) is 0 Å². The number of ether oxygens (including phenoxy) is 1. The maximum atomic E-state index is 12.8. The topological polar surface area (TPSA) is 119 Å². The molecule has 0 aliphatic carbocycles. The first-order valence-electron chi connectivity index (χ1n) is 12.4. The van der Waals surface area contributed by atoms with Crippen molar-refractivity contribution in [3.05, 3.63) is 85.1 Å². The summed E-state index contributed by atoms with van der Waals surface area (Å²) in [4.78, 5) is 9.05. The van der Waals surface area contributed by atoms with Crippen LogP contribution in [0.2, 0.25) is 0 Å². The van der Waals surface area contributed by atoms with E-state index in [1.54, 1.807) is 36.4 Å². The number of benzene rings is 2. The van der Waals surface area contributed by atoms with Crippen LogP contribution in [0.3, 0.4) is 0 Å². The van der Waals surface area contributed by atoms with Gasteiger partial charge in [-0.05, 0) is 54.8 Å². The highest BCUT2D eigenvalue weighted by atomic mass is 32.2. The molecule has 0 bridgehead atoms. The normalized spacial score (nSPS) is 15.7. The molecule has 0 radical (unpaired) electrons. The molecule has 10 heteroatoms. The molecule has 3 aromatic heterocycles. The number of nitrogens with one attached hydrogen (secondary N) is 2. The minimum absolute atomic E-state index is 0.0686. The van der Waals surface area contributed by atoms with Crippen molar-refractivity contribution in [2.45, 2.75) is 30.4 Å². The van der Waals surface area contributed by atoms with Crippen LogP contribution >= 0.6 is 0 Å². The average Bonchev–Trinajstić information content (AvgIpc) is 3.73. The molecule has 0 spiro atoms. The predicted molar refractivity (Wildman–Crippen MR) is 143 cm³/mol. The number of hydrogen-bond donors (Lipinski definition) is 2. The SMILES string of the molecule is O=S(=O)(NCc1ccco1)c1ccc(-c2oc3ncnc(NCC4CCCO4)c3c2-c2ccccc2)cc1. The van der Waals surface area contributed by atoms with Gasteiger partial charge in [0.15, 0.2) is 0 Å². The fraction of sp³-hybridized carbons (Fsp3) is 0.214. The molecule has 9 nitrogen and oxygen atoms in total. The molecule has 1 fully saturated rings. The minimum atomic E-state index is -3.73. The highest BCUT2D eigenvalue weighted by molar-refractivity contribution is 7.89. The number of aromatic nitrogens is 2. The fourth-order valence-electron chi connectivity index (χ4n) is 4.61. The van der Waals surface area contributed by atoms with Crippen molar-refractivity contribution in [3.8, 4) is 22.5 Å². The van der Waals surface area contributed by atoms with E-state index in [0.29, 0.717) is 29.6 Å². The molecule has 0 saturated carbocycles. The van der Waals surface area contributed by atoms with Crippen LogP contribution in [0.4, 0.5) is 5.82 Å². The summed E-state index contributed by atoms with van der Waals surface area (Å²) in [7, 11) is -3.73. The summed E-state index contributed by atoms with van der Waals surface area (Å²) >= 11 is 0. The second-order valence-electron chi connectivity index (χ2n) is 9.02. The smallest absolute Gasteiger partial charge is 0.240 e. The molecule has 4 heterocycles. The lowest BCUT2D eigenvalue weighted by molar-refractivity contribution is 0.120. The molecular formula is C28H26N4O5S. The van der Waals surface area contributed by atoms with Gasteiger partial charge in [0.05, 0.1) is 29.2 Å². The van der Waals surface area contributed by atoms with Crippen molar-refractivity contribution in [1.82, 2.24) is 14.7 Å². The molecule has 38 heavy (non-hydrogen) atoms. The van der Waals surface area contributed by atoms with E-state index in [0.717, 1.165) is 41.5 Å². The van der Waals surface area contributed by atoms with Crippen molar-refractivity contribution in [1.29, 1.82) is 0 Å². The first-order chi connectivity index (χ1) is 18.6. The van der Waals surface area contributed by atoms with Crippen LogP contribution in [0.15, 0.2) is 93.1 Å². The Morgan fingerprint density at radius 2 is 1.79 bits per heavy atom. The zero-order valence-electron chi connectivity index (χ0n) is 20.5. The second-order valence-corrected chi connectivity index (χ2v) is 10.8. The number of fused-ring (bicyclic) bond motifs is 1. The van der Waals surface area contributed by atoms with Gasteiger partial charge in [0, 0.05) is 24.3 Å². The van der Waals surface area contributed by atoms with E-state index in [-0.39, 0.29) is 17.5 Å². The predicted octanol–water partition coefficient (Wildman–Crippen LogP) is 5.22. The number of furan rings is 2. The standard InChI is InChI=1S/C28H26N4O5S/c33-38(34,32-17-22-9-5-15-36-22)23-12-10-20(11-13-23)26-24(19-6-2-1-3-7-19)25-27(30-18-31-28(25)37-26)29-16-21-8-4-14-35-21/h1-3,5-7,9-13,15,18,21,32H,4,8,14,16-17H2,(H,29,30,31). The Bertz CT molecular complexity index is 1630. The monoisotopic (exact) mass is 530 g/mol. The number of rotatable bonds is 9. The summed E-state index contributed by atoms with van der Waals surface area (Å²) < 4.78 is 45.5. The van der Waals surface area contributed by atoms with Crippen LogP contribution in [0, 0.1) is 0 Å². The zero-order chi connectivity index (χ0) is 26.0. The highest BCUT2D eigenvalue weighted by Gasteiger charge is 2.24.